The van der Waals surface area contributed by atoms with Gasteiger partial charge in [0.05, 0.1) is 4.90 Å². The third-order valence-corrected chi connectivity index (χ3v) is 5.81. The van der Waals surface area contributed by atoms with E-state index in [1.807, 2.05) is 0 Å². The highest BCUT2D eigenvalue weighted by molar-refractivity contribution is 7.89. The second-order valence-corrected chi connectivity index (χ2v) is 7.66. The highest BCUT2D eigenvalue weighted by Crippen LogP contribution is 2.26. The van der Waals surface area contributed by atoms with Crippen LogP contribution in [0.3, 0.4) is 0 Å². The van der Waals surface area contributed by atoms with Crippen LogP contribution in [-0.2, 0) is 10.0 Å². The van der Waals surface area contributed by atoms with Crippen molar-refractivity contribution in [2.24, 2.45) is 5.92 Å². The summed E-state index contributed by atoms with van der Waals surface area (Å²) >= 11 is 0. The van der Waals surface area contributed by atoms with E-state index in [1.165, 1.54) is 24.3 Å². The van der Waals surface area contributed by atoms with E-state index in [9.17, 15) is 13.2 Å². The van der Waals surface area contributed by atoms with Gasteiger partial charge >= 0.3 is 5.63 Å². The van der Waals surface area contributed by atoms with Crippen LogP contribution in [0.25, 0.3) is 11.0 Å². The Morgan fingerprint density at radius 1 is 1.14 bits per heavy atom. The molecule has 0 radical (unpaired) electrons. The minimum Gasteiger partial charge on any atom is -0.423 e. The van der Waals surface area contributed by atoms with Crippen LogP contribution in [-0.4, -0.2) is 14.5 Å². The molecule has 1 aliphatic carbocycles. The van der Waals surface area contributed by atoms with Crippen molar-refractivity contribution in [2.75, 3.05) is 0 Å². The van der Waals surface area contributed by atoms with Crippen LogP contribution < -0.4 is 10.3 Å². The number of sulfonamides is 1. The molecule has 2 unspecified atom stereocenters. The molecular weight excluding hydrogens is 302 g/mol. The van der Waals surface area contributed by atoms with Gasteiger partial charge in [-0.1, -0.05) is 19.8 Å². The fraction of sp³-hybridized carbons (Fsp3) is 0.438. The van der Waals surface area contributed by atoms with Gasteiger partial charge in [0.15, 0.2) is 0 Å². The monoisotopic (exact) mass is 321 g/mol. The van der Waals surface area contributed by atoms with Crippen LogP contribution in [0.15, 0.2) is 44.4 Å². The van der Waals surface area contributed by atoms with E-state index in [0.29, 0.717) is 16.9 Å². The Hall–Kier alpha value is -1.66. The molecule has 2 atom stereocenters. The van der Waals surface area contributed by atoms with Gasteiger partial charge in [0.1, 0.15) is 5.58 Å². The molecule has 118 valence electrons. The summed E-state index contributed by atoms with van der Waals surface area (Å²) in [4.78, 5) is 11.4. The molecule has 5 nitrogen and oxygen atoms in total. The highest BCUT2D eigenvalue weighted by Gasteiger charge is 2.26. The summed E-state index contributed by atoms with van der Waals surface area (Å²) in [6.07, 6.45) is 4.15. The van der Waals surface area contributed by atoms with Gasteiger partial charge in [-0.3, -0.25) is 0 Å². The lowest BCUT2D eigenvalue weighted by molar-refractivity contribution is 0.310. The molecule has 0 spiro atoms. The molecule has 1 aromatic carbocycles. The molecule has 6 heteroatoms. The summed E-state index contributed by atoms with van der Waals surface area (Å²) < 4.78 is 32.9. The summed E-state index contributed by atoms with van der Waals surface area (Å²) in [5.74, 6) is 0.349. The number of hydrogen-bond donors (Lipinski definition) is 1. The molecule has 1 N–H and O–H groups in total. The van der Waals surface area contributed by atoms with Gasteiger partial charge in [0, 0.05) is 17.5 Å². The van der Waals surface area contributed by atoms with Gasteiger partial charge < -0.3 is 4.42 Å². The van der Waals surface area contributed by atoms with Crippen LogP contribution in [0.1, 0.15) is 32.6 Å². The van der Waals surface area contributed by atoms with Gasteiger partial charge in [0.2, 0.25) is 10.0 Å². The fourth-order valence-corrected chi connectivity index (χ4v) is 4.39. The van der Waals surface area contributed by atoms with E-state index < -0.39 is 15.6 Å². The van der Waals surface area contributed by atoms with Crippen molar-refractivity contribution in [1.29, 1.82) is 0 Å². The predicted molar refractivity (Wildman–Crippen MR) is 84.2 cm³/mol. The summed E-state index contributed by atoms with van der Waals surface area (Å²) in [7, 11) is -3.56. The highest BCUT2D eigenvalue weighted by atomic mass is 32.2. The first kappa shape index (κ1) is 15.2. The zero-order valence-electron chi connectivity index (χ0n) is 12.4. The fourth-order valence-electron chi connectivity index (χ4n) is 2.98. The number of rotatable bonds is 3. The van der Waals surface area contributed by atoms with E-state index in [1.54, 1.807) is 6.07 Å². The summed E-state index contributed by atoms with van der Waals surface area (Å²) in [5.41, 5.74) is -0.0604. The molecule has 3 rings (SSSR count). The van der Waals surface area contributed by atoms with Crippen LogP contribution in [0, 0.1) is 5.92 Å². The van der Waals surface area contributed by atoms with E-state index >= 15 is 0 Å². The van der Waals surface area contributed by atoms with Crippen molar-refractivity contribution in [3.05, 3.63) is 40.8 Å². The Morgan fingerprint density at radius 3 is 2.68 bits per heavy atom. The van der Waals surface area contributed by atoms with Crippen molar-refractivity contribution < 1.29 is 12.8 Å². The predicted octanol–water partition coefficient (Wildman–Crippen LogP) is 2.65. The first-order chi connectivity index (χ1) is 10.5. The van der Waals surface area contributed by atoms with Crippen molar-refractivity contribution >= 4 is 21.0 Å². The lowest BCUT2D eigenvalue weighted by Gasteiger charge is -2.29. The SMILES string of the molecule is CC1CCCCC1NS(=O)(=O)c1ccc2oc(=O)ccc2c1. The Bertz CT molecular complexity index is 841. The first-order valence-electron chi connectivity index (χ1n) is 7.52. The standard InChI is InChI=1S/C16H19NO4S/c1-11-4-2-3-5-14(11)17-22(19,20)13-7-8-15-12(10-13)6-9-16(18)21-15/h6-11,14,17H,2-5H2,1H3. The summed E-state index contributed by atoms with van der Waals surface area (Å²) in [6.45, 7) is 2.08. The lowest BCUT2D eigenvalue weighted by Crippen LogP contribution is -2.40. The second-order valence-electron chi connectivity index (χ2n) is 5.94. The maximum absolute atomic E-state index is 12.6. The van der Waals surface area contributed by atoms with E-state index in [2.05, 4.69) is 11.6 Å². The van der Waals surface area contributed by atoms with Crippen molar-refractivity contribution in [1.82, 2.24) is 4.72 Å². The topological polar surface area (TPSA) is 76.4 Å². The third-order valence-electron chi connectivity index (χ3n) is 4.32. The quantitative estimate of drug-likeness (QED) is 0.882. The Balaban J connectivity index is 1.91. The van der Waals surface area contributed by atoms with Crippen LogP contribution >= 0.6 is 0 Å². The molecule has 0 amide bonds. The average Bonchev–Trinajstić information content (AvgIpc) is 2.49. The van der Waals surface area contributed by atoms with Gasteiger partial charge in [-0.25, -0.2) is 17.9 Å². The Morgan fingerprint density at radius 2 is 1.91 bits per heavy atom. The zero-order valence-corrected chi connectivity index (χ0v) is 13.2. The van der Waals surface area contributed by atoms with Crippen molar-refractivity contribution in [2.45, 2.75) is 43.5 Å². The van der Waals surface area contributed by atoms with Gasteiger partial charge in [-0.05, 0) is 43.0 Å². The summed E-state index contributed by atoms with van der Waals surface area (Å²) in [6, 6.07) is 7.38. The van der Waals surface area contributed by atoms with Gasteiger partial charge in [-0.2, -0.15) is 0 Å². The van der Waals surface area contributed by atoms with Crippen molar-refractivity contribution in [3.8, 4) is 0 Å². The normalized spacial score (nSPS) is 22.8. The van der Waals surface area contributed by atoms with E-state index in [0.717, 1.165) is 25.7 Å². The number of fused-ring (bicyclic) bond motifs is 1. The molecule has 0 saturated heterocycles. The average molecular weight is 321 g/mol. The van der Waals surface area contributed by atoms with E-state index in [4.69, 9.17) is 4.42 Å². The van der Waals surface area contributed by atoms with Gasteiger partial charge in [0.25, 0.3) is 0 Å². The molecule has 1 saturated carbocycles. The minimum absolute atomic E-state index is 0.0110. The molecule has 0 bridgehead atoms. The molecular formula is C16H19NO4S. The maximum atomic E-state index is 12.6. The molecule has 22 heavy (non-hydrogen) atoms. The first-order valence-corrected chi connectivity index (χ1v) is 9.00. The molecule has 1 heterocycles. The molecule has 1 aromatic heterocycles. The Labute approximate surface area is 129 Å². The molecule has 1 aliphatic rings. The molecule has 0 aliphatic heterocycles. The number of nitrogens with one attached hydrogen (secondary N) is 1. The van der Waals surface area contributed by atoms with Gasteiger partial charge in [-0.15, -0.1) is 0 Å². The number of hydrogen-bond acceptors (Lipinski definition) is 4. The largest absolute Gasteiger partial charge is 0.423 e. The zero-order chi connectivity index (χ0) is 15.7. The number of benzene rings is 1. The lowest BCUT2D eigenvalue weighted by atomic mass is 9.87. The van der Waals surface area contributed by atoms with Crippen LogP contribution in [0.2, 0.25) is 0 Å². The second kappa shape index (κ2) is 5.85. The van der Waals surface area contributed by atoms with Crippen molar-refractivity contribution in [3.63, 3.8) is 0 Å². The van der Waals surface area contributed by atoms with Crippen LogP contribution in [0.4, 0.5) is 0 Å². The third kappa shape index (κ3) is 3.08. The molecule has 1 fully saturated rings. The smallest absolute Gasteiger partial charge is 0.336 e. The maximum Gasteiger partial charge on any atom is 0.336 e. The Kier molecular flexibility index (Phi) is 4.06. The minimum atomic E-state index is -3.56. The molecule has 2 aromatic rings. The summed E-state index contributed by atoms with van der Waals surface area (Å²) in [5, 5.41) is 0.596. The van der Waals surface area contributed by atoms with E-state index in [-0.39, 0.29) is 10.9 Å². The van der Waals surface area contributed by atoms with Crippen LogP contribution in [0.5, 0.6) is 0 Å².